The van der Waals surface area contributed by atoms with Crippen molar-refractivity contribution in [1.29, 1.82) is 0 Å². The molecule has 2 atom stereocenters. The number of rotatable bonds is 7. The third kappa shape index (κ3) is 3.75. The van der Waals surface area contributed by atoms with E-state index in [0.717, 1.165) is 28.2 Å². The van der Waals surface area contributed by atoms with Crippen LogP contribution in [-0.4, -0.2) is 47.0 Å². The molecule has 0 radical (unpaired) electrons. The van der Waals surface area contributed by atoms with E-state index in [1.165, 1.54) is 18.5 Å². The molecule has 1 saturated carbocycles. The molecule has 1 aliphatic heterocycles. The van der Waals surface area contributed by atoms with Crippen LogP contribution >= 0.6 is 0 Å². The summed E-state index contributed by atoms with van der Waals surface area (Å²) in [6, 6.07) is 10.2. The largest absolute Gasteiger partial charge is 0.490 e. The average molecular weight is 411 g/mol. The molecular formula is C23H30N4O3. The van der Waals surface area contributed by atoms with Crippen molar-refractivity contribution in [2.75, 3.05) is 25.6 Å². The summed E-state index contributed by atoms with van der Waals surface area (Å²) in [6.45, 7) is 4.96. The van der Waals surface area contributed by atoms with E-state index in [-0.39, 0.29) is 19.2 Å². The molecule has 2 aliphatic rings. The van der Waals surface area contributed by atoms with Crippen molar-refractivity contribution in [3.05, 3.63) is 47.9 Å². The second-order valence-electron chi connectivity index (χ2n) is 8.77. The highest BCUT2D eigenvalue weighted by Crippen LogP contribution is 2.42. The van der Waals surface area contributed by atoms with Crippen molar-refractivity contribution in [3.63, 3.8) is 0 Å². The van der Waals surface area contributed by atoms with Gasteiger partial charge in [0.1, 0.15) is 36.3 Å². The molecule has 0 spiro atoms. The van der Waals surface area contributed by atoms with Gasteiger partial charge in [0, 0.05) is 19.8 Å². The van der Waals surface area contributed by atoms with Crippen molar-refractivity contribution < 1.29 is 15.6 Å². The van der Waals surface area contributed by atoms with E-state index in [1.54, 1.807) is 13.4 Å². The van der Waals surface area contributed by atoms with Gasteiger partial charge in [0.2, 0.25) is 0 Å². The number of hydrogen-bond acceptors (Lipinski definition) is 6. The maximum atomic E-state index is 6.28. The monoisotopic (exact) mass is 410 g/mol. The number of ether oxygens (including phenoxy) is 3. The van der Waals surface area contributed by atoms with Gasteiger partial charge in [-0.1, -0.05) is 18.2 Å². The van der Waals surface area contributed by atoms with Crippen molar-refractivity contribution in [2.45, 2.75) is 50.4 Å². The number of fused-ring (bicyclic) bond motifs is 2. The number of aromatic amines is 1. The van der Waals surface area contributed by atoms with E-state index >= 15 is 0 Å². The van der Waals surface area contributed by atoms with Crippen LogP contribution in [-0.2, 0) is 9.47 Å². The molecule has 0 bridgehead atoms. The second-order valence-corrected chi connectivity index (χ2v) is 8.77. The van der Waals surface area contributed by atoms with Crippen LogP contribution in [0.25, 0.3) is 11.0 Å². The minimum absolute atomic E-state index is 0. The number of nitrogens with one attached hydrogen (secondary N) is 2. The van der Waals surface area contributed by atoms with Crippen molar-refractivity contribution in [2.24, 2.45) is 0 Å². The molecule has 0 unspecified atom stereocenters. The quantitative estimate of drug-likeness (QED) is 0.599. The van der Waals surface area contributed by atoms with Crippen LogP contribution in [0.1, 0.15) is 51.3 Å². The summed E-state index contributed by atoms with van der Waals surface area (Å²) < 4.78 is 17.8. The van der Waals surface area contributed by atoms with Gasteiger partial charge in [0.15, 0.2) is 0 Å². The Morgan fingerprint density at radius 2 is 2.10 bits per heavy atom. The first-order valence-corrected chi connectivity index (χ1v) is 10.5. The fourth-order valence-corrected chi connectivity index (χ4v) is 3.86. The topological polar surface area (TPSA) is 81.3 Å². The Bertz CT molecular complexity index is 1050. The Labute approximate surface area is 177 Å². The highest BCUT2D eigenvalue weighted by atomic mass is 16.6. The molecule has 1 fully saturated rings. The number of aromatic nitrogens is 3. The smallest absolute Gasteiger partial charge is 0.143 e. The van der Waals surface area contributed by atoms with Gasteiger partial charge in [-0.15, -0.1) is 0 Å². The molecule has 160 valence electrons. The second kappa shape index (κ2) is 7.56. The number of hydrogen-bond donors (Lipinski definition) is 2. The summed E-state index contributed by atoms with van der Waals surface area (Å²) in [4.78, 5) is 12.4. The third-order valence-electron chi connectivity index (χ3n) is 5.98. The maximum Gasteiger partial charge on any atom is 0.143 e. The Morgan fingerprint density at radius 3 is 2.90 bits per heavy atom. The molecular weight excluding hydrogens is 380 g/mol. The first kappa shape index (κ1) is 19.3. The lowest BCUT2D eigenvalue weighted by atomic mass is 9.97. The number of methoxy groups -OCH3 is 1. The van der Waals surface area contributed by atoms with Crippen LogP contribution in [0.2, 0.25) is 0 Å². The van der Waals surface area contributed by atoms with E-state index in [4.69, 9.17) is 14.2 Å². The molecule has 1 aromatic carbocycles. The third-order valence-corrected chi connectivity index (χ3v) is 5.98. The zero-order chi connectivity index (χ0) is 20.7. The number of anilines is 1. The summed E-state index contributed by atoms with van der Waals surface area (Å²) in [7, 11) is 1.70. The Kier molecular flexibility index (Phi) is 4.87. The fourth-order valence-electron chi connectivity index (χ4n) is 3.86. The van der Waals surface area contributed by atoms with Crippen molar-refractivity contribution in [1.82, 2.24) is 15.0 Å². The first-order chi connectivity index (χ1) is 14.5. The van der Waals surface area contributed by atoms with E-state index in [0.29, 0.717) is 19.1 Å². The van der Waals surface area contributed by atoms with Gasteiger partial charge in [-0.3, -0.25) is 0 Å². The van der Waals surface area contributed by atoms with Gasteiger partial charge in [-0.25, -0.2) is 9.97 Å². The van der Waals surface area contributed by atoms with E-state index in [2.05, 4.69) is 32.4 Å². The SMILES string of the molecule is COC(C)(C)CO[C@H]1COc2ccccc2[C@@H]1Nc1ncnc2[nH]c(C3CC3)cc12.[HH]. The normalized spacial score (nSPS) is 21.3. The van der Waals surface area contributed by atoms with Gasteiger partial charge in [0.25, 0.3) is 0 Å². The Balaban J connectivity index is 0.00000231. The Morgan fingerprint density at radius 1 is 1.27 bits per heavy atom. The van der Waals surface area contributed by atoms with Gasteiger partial charge in [-0.2, -0.15) is 0 Å². The zero-order valence-electron chi connectivity index (χ0n) is 17.6. The number of benzene rings is 1. The predicted octanol–water partition coefficient (Wildman–Crippen LogP) is 4.44. The van der Waals surface area contributed by atoms with Gasteiger partial charge < -0.3 is 24.5 Å². The van der Waals surface area contributed by atoms with Crippen LogP contribution in [0.5, 0.6) is 5.75 Å². The predicted molar refractivity (Wildman–Crippen MR) is 117 cm³/mol. The lowest BCUT2D eigenvalue weighted by Crippen LogP contribution is -2.41. The molecule has 3 heterocycles. The minimum Gasteiger partial charge on any atom is -0.490 e. The highest BCUT2D eigenvalue weighted by molar-refractivity contribution is 5.88. The molecule has 5 rings (SSSR count). The van der Waals surface area contributed by atoms with Crippen LogP contribution in [0.3, 0.4) is 0 Å². The zero-order valence-corrected chi connectivity index (χ0v) is 17.6. The number of para-hydroxylation sites is 1. The molecule has 2 aromatic heterocycles. The summed E-state index contributed by atoms with van der Waals surface area (Å²) in [6.07, 6.45) is 3.90. The van der Waals surface area contributed by atoms with Crippen LogP contribution in [0.4, 0.5) is 5.82 Å². The van der Waals surface area contributed by atoms with E-state index in [9.17, 15) is 0 Å². The summed E-state index contributed by atoms with van der Waals surface area (Å²) in [5.74, 6) is 2.31. The minimum atomic E-state index is -0.372. The van der Waals surface area contributed by atoms with Gasteiger partial charge >= 0.3 is 0 Å². The van der Waals surface area contributed by atoms with E-state index in [1.807, 2.05) is 32.0 Å². The van der Waals surface area contributed by atoms with E-state index < -0.39 is 0 Å². The molecule has 1 aliphatic carbocycles. The van der Waals surface area contributed by atoms with Crippen LogP contribution < -0.4 is 10.1 Å². The molecule has 30 heavy (non-hydrogen) atoms. The molecule has 2 N–H and O–H groups in total. The van der Waals surface area contributed by atoms with Crippen LogP contribution in [0, 0.1) is 0 Å². The number of H-pyrrole nitrogens is 1. The standard InChI is InChI=1S/C23H28N4O3.H2/c1-23(2,28-3)12-30-19-11-29-18-7-5-4-6-15(18)20(19)27-22-16-10-17(14-8-9-14)26-21(16)24-13-25-22;/h4-7,10,13-14,19-20H,8-9,11-12H2,1-3H3,(H2,24,25,26,27);1H/t19-,20-;/m0./s1. The molecule has 3 aromatic rings. The average Bonchev–Trinajstić information content (AvgIpc) is 3.52. The molecule has 7 nitrogen and oxygen atoms in total. The van der Waals surface area contributed by atoms with Gasteiger partial charge in [0.05, 0.1) is 23.6 Å². The molecule has 0 saturated heterocycles. The van der Waals surface area contributed by atoms with Crippen molar-refractivity contribution >= 4 is 16.9 Å². The van der Waals surface area contributed by atoms with Crippen LogP contribution in [0.15, 0.2) is 36.7 Å². The highest BCUT2D eigenvalue weighted by Gasteiger charge is 2.34. The van der Waals surface area contributed by atoms with Crippen molar-refractivity contribution in [3.8, 4) is 5.75 Å². The fraction of sp³-hybridized carbons (Fsp3) is 0.478. The Hall–Kier alpha value is -2.64. The summed E-state index contributed by atoms with van der Waals surface area (Å²) in [5.41, 5.74) is 2.81. The lowest BCUT2D eigenvalue weighted by molar-refractivity contribution is -0.0914. The number of nitrogens with zero attached hydrogens (tertiary/aromatic N) is 2. The maximum absolute atomic E-state index is 6.28. The summed E-state index contributed by atoms with van der Waals surface area (Å²) >= 11 is 0. The first-order valence-electron chi connectivity index (χ1n) is 10.5. The lowest BCUT2D eigenvalue weighted by Gasteiger charge is -2.36. The summed E-state index contributed by atoms with van der Waals surface area (Å²) in [5, 5.41) is 4.65. The molecule has 7 heteroatoms. The molecule has 0 amide bonds. The van der Waals surface area contributed by atoms with Gasteiger partial charge in [-0.05, 0) is 44.7 Å².